The van der Waals surface area contributed by atoms with Crippen molar-refractivity contribution in [2.24, 2.45) is 5.16 Å². The van der Waals surface area contributed by atoms with E-state index in [0.29, 0.717) is 5.56 Å². The first-order valence-electron chi connectivity index (χ1n) is 5.97. The smallest absolute Gasteiger partial charge is 0.251 e. The summed E-state index contributed by atoms with van der Waals surface area (Å²) in [5.74, 6) is -0.0583. The largest absolute Gasteiger partial charge is 0.399 e. The summed E-state index contributed by atoms with van der Waals surface area (Å²) >= 11 is 0. The number of nitrogens with one attached hydrogen (secondary N) is 1. The molecule has 0 saturated heterocycles. The van der Waals surface area contributed by atoms with Crippen LogP contribution in [-0.2, 0) is 4.84 Å². The van der Waals surface area contributed by atoms with Crippen molar-refractivity contribution >= 4 is 12.1 Å². The van der Waals surface area contributed by atoms with E-state index < -0.39 is 0 Å². The maximum Gasteiger partial charge on any atom is 0.251 e. The number of nitrogens with zero attached hydrogens (tertiary/aromatic N) is 1. The summed E-state index contributed by atoms with van der Waals surface area (Å²) in [5, 5.41) is 6.65. The summed E-state index contributed by atoms with van der Waals surface area (Å²) in [6.07, 6.45) is 2.48. The fourth-order valence-corrected chi connectivity index (χ4v) is 1.30. The SMILES string of the molecule is CCC(C)(C)NC(=O)c1ccc(/C=N/OC)cc1. The Balaban J connectivity index is 2.73. The molecule has 0 saturated carbocycles. The van der Waals surface area contributed by atoms with Crippen LogP contribution in [0.2, 0.25) is 0 Å². The molecule has 0 unspecified atom stereocenters. The zero-order valence-electron chi connectivity index (χ0n) is 11.4. The lowest BCUT2D eigenvalue weighted by atomic mass is 10.0. The molecule has 4 nitrogen and oxygen atoms in total. The third-order valence-corrected chi connectivity index (χ3v) is 2.82. The Morgan fingerprint density at radius 2 is 2.00 bits per heavy atom. The quantitative estimate of drug-likeness (QED) is 0.643. The Labute approximate surface area is 108 Å². The van der Waals surface area contributed by atoms with Crippen LogP contribution in [0.25, 0.3) is 0 Å². The maximum absolute atomic E-state index is 12.0. The first-order valence-corrected chi connectivity index (χ1v) is 5.97. The van der Waals surface area contributed by atoms with Crippen molar-refractivity contribution in [3.05, 3.63) is 35.4 Å². The predicted octanol–water partition coefficient (Wildman–Crippen LogP) is 2.59. The molecule has 0 spiro atoms. The molecule has 1 aromatic rings. The molecule has 0 atom stereocenters. The minimum Gasteiger partial charge on any atom is -0.399 e. The van der Waals surface area contributed by atoms with E-state index in [2.05, 4.69) is 15.3 Å². The number of rotatable bonds is 5. The van der Waals surface area contributed by atoms with E-state index >= 15 is 0 Å². The van der Waals surface area contributed by atoms with Gasteiger partial charge < -0.3 is 10.2 Å². The van der Waals surface area contributed by atoms with Crippen LogP contribution in [0.15, 0.2) is 29.4 Å². The van der Waals surface area contributed by atoms with Gasteiger partial charge in [-0.2, -0.15) is 0 Å². The molecule has 0 fully saturated rings. The Hall–Kier alpha value is -1.84. The molecule has 1 rings (SSSR count). The fraction of sp³-hybridized carbons (Fsp3) is 0.429. The normalized spacial score (nSPS) is 11.6. The van der Waals surface area contributed by atoms with Crippen LogP contribution in [0, 0.1) is 0 Å². The van der Waals surface area contributed by atoms with Crippen molar-refractivity contribution in [2.75, 3.05) is 7.11 Å². The van der Waals surface area contributed by atoms with Crippen molar-refractivity contribution in [2.45, 2.75) is 32.7 Å². The summed E-state index contributed by atoms with van der Waals surface area (Å²) in [6.45, 7) is 6.06. The van der Waals surface area contributed by atoms with Crippen LogP contribution in [0.5, 0.6) is 0 Å². The highest BCUT2D eigenvalue weighted by molar-refractivity contribution is 5.95. The van der Waals surface area contributed by atoms with Gasteiger partial charge in [-0.05, 0) is 38.0 Å². The van der Waals surface area contributed by atoms with E-state index in [1.807, 2.05) is 32.9 Å². The van der Waals surface area contributed by atoms with Crippen LogP contribution < -0.4 is 5.32 Å². The molecule has 4 heteroatoms. The van der Waals surface area contributed by atoms with Crippen molar-refractivity contribution in [1.29, 1.82) is 0 Å². The van der Waals surface area contributed by atoms with Gasteiger partial charge in [0, 0.05) is 11.1 Å². The van der Waals surface area contributed by atoms with Crippen LogP contribution in [0.1, 0.15) is 43.1 Å². The zero-order chi connectivity index (χ0) is 13.6. The zero-order valence-corrected chi connectivity index (χ0v) is 11.4. The highest BCUT2D eigenvalue weighted by Crippen LogP contribution is 2.10. The monoisotopic (exact) mass is 248 g/mol. The third kappa shape index (κ3) is 4.20. The van der Waals surface area contributed by atoms with Gasteiger partial charge in [0.1, 0.15) is 7.11 Å². The van der Waals surface area contributed by atoms with Crippen molar-refractivity contribution in [3.8, 4) is 0 Å². The van der Waals surface area contributed by atoms with Gasteiger partial charge in [0.15, 0.2) is 0 Å². The number of oxime groups is 1. The maximum atomic E-state index is 12.0. The number of carbonyl (C=O) groups excluding carboxylic acids is 1. The molecule has 98 valence electrons. The molecule has 0 aliphatic carbocycles. The average Bonchev–Trinajstić information content (AvgIpc) is 2.36. The molecule has 0 aliphatic rings. The number of hydrogen-bond acceptors (Lipinski definition) is 3. The first kappa shape index (κ1) is 14.2. The molecule has 1 N–H and O–H groups in total. The van der Waals surface area contributed by atoms with Gasteiger partial charge in [0.25, 0.3) is 5.91 Å². The van der Waals surface area contributed by atoms with E-state index in [1.54, 1.807) is 18.3 Å². The van der Waals surface area contributed by atoms with Crippen LogP contribution in [0.4, 0.5) is 0 Å². The molecular formula is C14H20N2O2. The van der Waals surface area contributed by atoms with E-state index in [-0.39, 0.29) is 11.4 Å². The number of carbonyl (C=O) groups is 1. The lowest BCUT2D eigenvalue weighted by Gasteiger charge is -2.24. The molecular weight excluding hydrogens is 228 g/mol. The van der Waals surface area contributed by atoms with E-state index in [4.69, 9.17) is 0 Å². The minimum atomic E-state index is -0.187. The van der Waals surface area contributed by atoms with Gasteiger partial charge in [-0.25, -0.2) is 0 Å². The van der Waals surface area contributed by atoms with E-state index in [0.717, 1.165) is 12.0 Å². The minimum absolute atomic E-state index is 0.0583. The highest BCUT2D eigenvalue weighted by Gasteiger charge is 2.18. The number of benzene rings is 1. The van der Waals surface area contributed by atoms with Crippen LogP contribution in [0.3, 0.4) is 0 Å². The molecule has 18 heavy (non-hydrogen) atoms. The van der Waals surface area contributed by atoms with Crippen molar-refractivity contribution in [3.63, 3.8) is 0 Å². The second-order valence-electron chi connectivity index (χ2n) is 4.73. The second kappa shape index (κ2) is 6.19. The predicted molar refractivity (Wildman–Crippen MR) is 72.9 cm³/mol. The lowest BCUT2D eigenvalue weighted by Crippen LogP contribution is -2.42. The molecule has 1 amide bonds. The van der Waals surface area contributed by atoms with E-state index in [9.17, 15) is 4.79 Å². The van der Waals surface area contributed by atoms with Gasteiger partial charge >= 0.3 is 0 Å². The summed E-state index contributed by atoms with van der Waals surface area (Å²) in [7, 11) is 1.49. The molecule has 1 aromatic carbocycles. The van der Waals surface area contributed by atoms with Crippen molar-refractivity contribution < 1.29 is 9.63 Å². The van der Waals surface area contributed by atoms with Gasteiger partial charge in [-0.15, -0.1) is 0 Å². The Bertz CT molecular complexity index is 422. The molecule has 0 aliphatic heterocycles. The number of amides is 1. The molecule has 0 radical (unpaired) electrons. The van der Waals surface area contributed by atoms with Gasteiger partial charge in [0.05, 0.1) is 6.21 Å². The van der Waals surface area contributed by atoms with Gasteiger partial charge in [-0.3, -0.25) is 4.79 Å². The standard InChI is InChI=1S/C14H20N2O2/c1-5-14(2,3)16-13(17)12-8-6-11(7-9-12)10-15-18-4/h6-10H,5H2,1-4H3,(H,16,17)/b15-10+. The van der Waals surface area contributed by atoms with Gasteiger partial charge in [0.2, 0.25) is 0 Å². The molecule has 0 heterocycles. The van der Waals surface area contributed by atoms with E-state index in [1.165, 1.54) is 7.11 Å². The summed E-state index contributed by atoms with van der Waals surface area (Å²) in [4.78, 5) is 16.6. The lowest BCUT2D eigenvalue weighted by molar-refractivity contribution is 0.0911. The highest BCUT2D eigenvalue weighted by atomic mass is 16.6. The van der Waals surface area contributed by atoms with Crippen LogP contribution >= 0.6 is 0 Å². The Morgan fingerprint density at radius 1 is 1.39 bits per heavy atom. The fourth-order valence-electron chi connectivity index (χ4n) is 1.30. The Morgan fingerprint density at radius 3 is 2.50 bits per heavy atom. The first-order chi connectivity index (χ1) is 8.48. The Kier molecular flexibility index (Phi) is 4.89. The third-order valence-electron chi connectivity index (χ3n) is 2.82. The van der Waals surface area contributed by atoms with Crippen molar-refractivity contribution in [1.82, 2.24) is 5.32 Å². The average molecular weight is 248 g/mol. The van der Waals surface area contributed by atoms with Gasteiger partial charge in [-0.1, -0.05) is 24.2 Å². The molecule has 0 aromatic heterocycles. The second-order valence-corrected chi connectivity index (χ2v) is 4.73. The summed E-state index contributed by atoms with van der Waals surface area (Å²) < 4.78 is 0. The molecule has 0 bridgehead atoms. The topological polar surface area (TPSA) is 50.7 Å². The number of hydrogen-bond donors (Lipinski definition) is 1. The summed E-state index contributed by atoms with van der Waals surface area (Å²) in [6, 6.07) is 7.21. The van der Waals surface area contributed by atoms with Crippen LogP contribution in [-0.4, -0.2) is 24.8 Å². The summed E-state index contributed by atoms with van der Waals surface area (Å²) in [5.41, 5.74) is 1.35.